The fourth-order valence-electron chi connectivity index (χ4n) is 2.16. The summed E-state index contributed by atoms with van der Waals surface area (Å²) in [4.78, 5) is 36.2. The van der Waals surface area contributed by atoms with Crippen LogP contribution >= 0.6 is 34.5 Å². The molecule has 30 heavy (non-hydrogen) atoms. The maximum Gasteiger partial charge on any atom is 0.353 e. The van der Waals surface area contributed by atoms with E-state index in [0.29, 0.717) is 21.2 Å². The van der Waals surface area contributed by atoms with E-state index in [2.05, 4.69) is 15.8 Å². The molecule has 0 spiro atoms. The first-order chi connectivity index (χ1) is 14.4. The zero-order valence-electron chi connectivity index (χ0n) is 15.1. The third kappa shape index (κ3) is 5.90. The Kier molecular flexibility index (Phi) is 7.18. The summed E-state index contributed by atoms with van der Waals surface area (Å²) in [6.07, 6.45) is 1.34. The lowest BCUT2D eigenvalue weighted by molar-refractivity contribution is -0.136. The molecule has 0 radical (unpaired) electrons. The van der Waals surface area contributed by atoms with Crippen molar-refractivity contribution in [1.29, 1.82) is 0 Å². The Morgan fingerprint density at radius 2 is 1.77 bits per heavy atom. The minimum atomic E-state index is -0.983. The highest BCUT2D eigenvalue weighted by Gasteiger charge is 2.15. The van der Waals surface area contributed by atoms with Gasteiger partial charge in [0.1, 0.15) is 10.6 Å². The molecule has 152 valence electrons. The monoisotopic (exact) mass is 461 g/mol. The van der Waals surface area contributed by atoms with Gasteiger partial charge in [0.15, 0.2) is 0 Å². The molecule has 0 saturated heterocycles. The van der Waals surface area contributed by atoms with Crippen molar-refractivity contribution in [3.8, 4) is 5.75 Å². The number of amides is 2. The number of anilines is 1. The number of hydrazone groups is 1. The standard InChI is InChI=1S/C20H13Cl2N3O4S/c21-13-5-8-15(22)16(10-13)24-18(26)19(27)25-23-11-12-3-6-14(7-4-12)29-20(28)17-2-1-9-30-17/h1-11H,(H,24,26)(H,25,27)/b23-11+. The van der Waals surface area contributed by atoms with Gasteiger partial charge in [0.2, 0.25) is 0 Å². The number of hydrogen-bond donors (Lipinski definition) is 2. The average molecular weight is 462 g/mol. The summed E-state index contributed by atoms with van der Waals surface area (Å²) >= 11 is 13.1. The summed E-state index contributed by atoms with van der Waals surface area (Å²) in [6.45, 7) is 0. The van der Waals surface area contributed by atoms with Crippen LogP contribution in [-0.4, -0.2) is 24.0 Å². The van der Waals surface area contributed by atoms with Gasteiger partial charge in [0.05, 0.1) is 16.9 Å². The van der Waals surface area contributed by atoms with E-state index in [1.807, 2.05) is 0 Å². The zero-order chi connectivity index (χ0) is 21.5. The number of rotatable bonds is 5. The van der Waals surface area contributed by atoms with Crippen LogP contribution < -0.4 is 15.5 Å². The predicted molar refractivity (Wildman–Crippen MR) is 117 cm³/mol. The van der Waals surface area contributed by atoms with Crippen LogP contribution in [0.5, 0.6) is 5.75 Å². The second-order valence-corrected chi connectivity index (χ2v) is 7.50. The third-order valence-electron chi connectivity index (χ3n) is 3.58. The van der Waals surface area contributed by atoms with Crippen molar-refractivity contribution >= 4 is 64.2 Å². The highest BCUT2D eigenvalue weighted by atomic mass is 35.5. The van der Waals surface area contributed by atoms with E-state index in [1.165, 1.54) is 29.7 Å². The number of thiophene rings is 1. The van der Waals surface area contributed by atoms with Gasteiger partial charge in [-0.1, -0.05) is 29.3 Å². The molecule has 0 aliphatic carbocycles. The third-order valence-corrected chi connectivity index (χ3v) is 4.99. The minimum Gasteiger partial charge on any atom is -0.422 e. The van der Waals surface area contributed by atoms with Gasteiger partial charge in [-0.25, -0.2) is 10.2 Å². The van der Waals surface area contributed by atoms with Gasteiger partial charge in [-0.05, 0) is 59.5 Å². The Morgan fingerprint density at radius 1 is 1.00 bits per heavy atom. The smallest absolute Gasteiger partial charge is 0.353 e. The summed E-state index contributed by atoms with van der Waals surface area (Å²) < 4.78 is 5.25. The number of ether oxygens (including phenoxy) is 1. The molecule has 0 fully saturated rings. The van der Waals surface area contributed by atoms with E-state index in [1.54, 1.807) is 47.8 Å². The van der Waals surface area contributed by atoms with Crippen molar-refractivity contribution in [2.45, 2.75) is 0 Å². The van der Waals surface area contributed by atoms with Crippen LogP contribution in [0.25, 0.3) is 0 Å². The Balaban J connectivity index is 1.52. The first-order valence-corrected chi connectivity index (χ1v) is 10.0. The predicted octanol–water partition coefficient (Wildman–Crippen LogP) is 4.36. The number of nitrogens with one attached hydrogen (secondary N) is 2. The molecule has 1 aromatic heterocycles. The fraction of sp³-hybridized carbons (Fsp3) is 0. The van der Waals surface area contributed by atoms with E-state index in [-0.39, 0.29) is 10.7 Å². The van der Waals surface area contributed by atoms with Gasteiger partial charge in [-0.15, -0.1) is 11.3 Å². The van der Waals surface area contributed by atoms with Crippen molar-refractivity contribution in [2.75, 3.05) is 5.32 Å². The maximum atomic E-state index is 11.9. The molecule has 0 atom stereocenters. The van der Waals surface area contributed by atoms with Crippen molar-refractivity contribution in [3.63, 3.8) is 0 Å². The quantitative estimate of drug-likeness (QED) is 0.194. The number of esters is 1. The molecule has 2 aromatic carbocycles. The first-order valence-electron chi connectivity index (χ1n) is 8.37. The van der Waals surface area contributed by atoms with Crippen LogP contribution in [0.3, 0.4) is 0 Å². The highest BCUT2D eigenvalue weighted by molar-refractivity contribution is 7.12. The number of hydrogen-bond acceptors (Lipinski definition) is 6. The van der Waals surface area contributed by atoms with E-state index in [9.17, 15) is 14.4 Å². The summed E-state index contributed by atoms with van der Waals surface area (Å²) in [5.41, 5.74) is 2.93. The van der Waals surface area contributed by atoms with Crippen molar-refractivity contribution in [3.05, 3.63) is 80.5 Å². The Labute approximate surface area is 185 Å². The maximum absolute atomic E-state index is 11.9. The van der Waals surface area contributed by atoms with E-state index in [4.69, 9.17) is 27.9 Å². The lowest BCUT2D eigenvalue weighted by Gasteiger charge is -2.06. The molecule has 0 aliphatic heterocycles. The Morgan fingerprint density at radius 3 is 2.47 bits per heavy atom. The molecule has 3 aromatic rings. The molecule has 7 nitrogen and oxygen atoms in total. The number of carbonyl (C=O) groups excluding carboxylic acids is 3. The molecule has 2 N–H and O–H groups in total. The highest BCUT2D eigenvalue weighted by Crippen LogP contribution is 2.25. The summed E-state index contributed by atoms with van der Waals surface area (Å²) in [6, 6.07) is 14.4. The molecule has 0 aliphatic rings. The van der Waals surface area contributed by atoms with Crippen LogP contribution in [0.4, 0.5) is 5.69 Å². The number of nitrogens with zero attached hydrogens (tertiary/aromatic N) is 1. The molecule has 10 heteroatoms. The zero-order valence-corrected chi connectivity index (χ0v) is 17.4. The Bertz CT molecular complexity index is 1100. The molecule has 2 amide bonds. The second kappa shape index (κ2) is 10.0. The van der Waals surface area contributed by atoms with Crippen LogP contribution in [0.15, 0.2) is 65.1 Å². The largest absolute Gasteiger partial charge is 0.422 e. The van der Waals surface area contributed by atoms with Gasteiger partial charge in [-0.3, -0.25) is 9.59 Å². The van der Waals surface area contributed by atoms with Crippen LogP contribution in [-0.2, 0) is 9.59 Å². The van der Waals surface area contributed by atoms with Gasteiger partial charge in [0.25, 0.3) is 0 Å². The van der Waals surface area contributed by atoms with Gasteiger partial charge >= 0.3 is 17.8 Å². The van der Waals surface area contributed by atoms with Crippen LogP contribution in [0, 0.1) is 0 Å². The number of carbonyl (C=O) groups is 3. The van der Waals surface area contributed by atoms with Gasteiger partial charge in [0, 0.05) is 5.02 Å². The van der Waals surface area contributed by atoms with Crippen LogP contribution in [0.1, 0.15) is 15.2 Å². The van der Waals surface area contributed by atoms with Gasteiger partial charge in [-0.2, -0.15) is 5.10 Å². The van der Waals surface area contributed by atoms with Crippen molar-refractivity contribution < 1.29 is 19.1 Å². The number of halogens is 2. The fourth-order valence-corrected chi connectivity index (χ4v) is 3.10. The SMILES string of the molecule is O=C(N/N=C/c1ccc(OC(=O)c2cccs2)cc1)C(=O)Nc1cc(Cl)ccc1Cl. The molecule has 3 rings (SSSR count). The van der Waals surface area contributed by atoms with E-state index < -0.39 is 17.8 Å². The Hall–Kier alpha value is -3.20. The van der Waals surface area contributed by atoms with E-state index >= 15 is 0 Å². The van der Waals surface area contributed by atoms with Crippen LogP contribution in [0.2, 0.25) is 10.0 Å². The lowest BCUT2D eigenvalue weighted by Crippen LogP contribution is -2.32. The van der Waals surface area contributed by atoms with Gasteiger partial charge < -0.3 is 10.1 Å². The summed E-state index contributed by atoms with van der Waals surface area (Å²) in [5.74, 6) is -2.01. The molecular formula is C20H13Cl2N3O4S. The summed E-state index contributed by atoms with van der Waals surface area (Å²) in [5, 5.41) is 8.46. The molecule has 0 unspecified atom stereocenters. The topological polar surface area (TPSA) is 96.9 Å². The molecule has 0 bridgehead atoms. The van der Waals surface area contributed by atoms with E-state index in [0.717, 1.165) is 0 Å². The van der Waals surface area contributed by atoms with Crippen molar-refractivity contribution in [2.24, 2.45) is 5.10 Å². The molecular weight excluding hydrogens is 449 g/mol. The first kappa shape index (κ1) is 21.5. The molecule has 0 saturated carbocycles. The average Bonchev–Trinajstić information content (AvgIpc) is 3.27. The lowest BCUT2D eigenvalue weighted by atomic mass is 10.2. The minimum absolute atomic E-state index is 0.209. The summed E-state index contributed by atoms with van der Waals surface area (Å²) in [7, 11) is 0. The second-order valence-electron chi connectivity index (χ2n) is 5.71. The van der Waals surface area contributed by atoms with Crippen molar-refractivity contribution in [1.82, 2.24) is 5.43 Å². The molecule has 1 heterocycles. The normalized spacial score (nSPS) is 10.6. The number of benzene rings is 2.